The van der Waals surface area contributed by atoms with Gasteiger partial charge in [0.1, 0.15) is 0 Å². The van der Waals surface area contributed by atoms with Gasteiger partial charge in [0.15, 0.2) is 0 Å². The Morgan fingerprint density at radius 1 is 0.612 bits per heavy atom. The van der Waals surface area contributed by atoms with Gasteiger partial charge in [0, 0.05) is 22.4 Å². The zero-order chi connectivity index (χ0) is 32.6. The van der Waals surface area contributed by atoms with Gasteiger partial charge in [0.25, 0.3) is 0 Å². The topological polar surface area (TPSA) is 4.93 Å². The molecule has 9 rings (SSSR count). The third-order valence-corrected chi connectivity index (χ3v) is 10.6. The molecule has 0 spiro atoms. The van der Waals surface area contributed by atoms with Gasteiger partial charge in [-0.3, -0.25) is 0 Å². The summed E-state index contributed by atoms with van der Waals surface area (Å²) >= 11 is 0. The highest BCUT2D eigenvalue weighted by molar-refractivity contribution is 6.13. The van der Waals surface area contributed by atoms with Gasteiger partial charge in [-0.05, 0) is 100 Å². The van der Waals surface area contributed by atoms with E-state index >= 15 is 0 Å². The number of hydrogen-bond donors (Lipinski definition) is 0. The molecular weight excluding hydrogens is 591 g/mol. The van der Waals surface area contributed by atoms with E-state index < -0.39 is 0 Å². The third kappa shape index (κ3) is 5.56. The normalized spacial score (nSPS) is 20.1. The first-order chi connectivity index (χ1) is 24.3. The van der Waals surface area contributed by atoms with Crippen molar-refractivity contribution in [3.8, 4) is 5.69 Å². The summed E-state index contributed by atoms with van der Waals surface area (Å²) in [5.41, 5.74) is 11.8. The Balaban J connectivity index is 1.23. The average molecular weight is 630 g/mol. The van der Waals surface area contributed by atoms with Crippen LogP contribution in [0, 0.1) is 0 Å². The van der Waals surface area contributed by atoms with Gasteiger partial charge in [0.05, 0.1) is 11.0 Å². The van der Waals surface area contributed by atoms with Crippen LogP contribution >= 0.6 is 0 Å². The first-order valence-corrected chi connectivity index (χ1v) is 17.7. The molecule has 0 fully saturated rings. The molecule has 0 radical (unpaired) electrons. The van der Waals surface area contributed by atoms with E-state index in [1.165, 1.54) is 71.7 Å². The summed E-state index contributed by atoms with van der Waals surface area (Å²) in [6, 6.07) is 49.5. The summed E-state index contributed by atoms with van der Waals surface area (Å²) in [6.07, 6.45) is 20.6. The van der Waals surface area contributed by atoms with E-state index in [2.05, 4.69) is 181 Å². The Morgan fingerprint density at radius 2 is 1.43 bits per heavy atom. The molecule has 236 valence electrons. The minimum atomic E-state index is 0.256. The van der Waals surface area contributed by atoms with Crippen LogP contribution in [0.15, 0.2) is 170 Å². The summed E-state index contributed by atoms with van der Waals surface area (Å²) in [4.78, 5) is 0. The highest BCUT2D eigenvalue weighted by atomic mass is 15.0. The van der Waals surface area contributed by atoms with Crippen molar-refractivity contribution in [2.45, 2.75) is 37.5 Å². The number of benzene rings is 6. The second-order valence-corrected chi connectivity index (χ2v) is 13.6. The molecule has 0 N–H and O–H groups in total. The lowest BCUT2D eigenvalue weighted by molar-refractivity contribution is 0.592. The Labute approximate surface area is 288 Å². The van der Waals surface area contributed by atoms with Gasteiger partial charge in [-0.1, -0.05) is 152 Å². The molecule has 1 aromatic heterocycles. The maximum atomic E-state index is 2.51. The van der Waals surface area contributed by atoms with Crippen molar-refractivity contribution >= 4 is 44.2 Å². The summed E-state index contributed by atoms with van der Waals surface area (Å²) < 4.78 is 2.51. The molecule has 1 nitrogen and oxygen atoms in total. The van der Waals surface area contributed by atoms with Crippen molar-refractivity contribution in [1.82, 2.24) is 4.57 Å². The number of aromatic nitrogens is 1. The van der Waals surface area contributed by atoms with Crippen LogP contribution in [0.1, 0.15) is 58.9 Å². The van der Waals surface area contributed by atoms with Gasteiger partial charge in [-0.2, -0.15) is 0 Å². The fourth-order valence-corrected chi connectivity index (χ4v) is 8.13. The minimum Gasteiger partial charge on any atom is -0.309 e. The fourth-order valence-electron chi connectivity index (χ4n) is 8.13. The molecule has 49 heavy (non-hydrogen) atoms. The maximum absolute atomic E-state index is 2.51. The predicted molar refractivity (Wildman–Crippen MR) is 209 cm³/mol. The lowest BCUT2D eigenvalue weighted by Gasteiger charge is -2.23. The van der Waals surface area contributed by atoms with Crippen LogP contribution < -0.4 is 0 Å². The average Bonchev–Trinajstić information content (AvgIpc) is 3.51. The molecule has 2 atom stereocenters. The van der Waals surface area contributed by atoms with Crippen LogP contribution in [-0.2, 0) is 6.42 Å². The molecule has 0 bridgehead atoms. The summed E-state index contributed by atoms with van der Waals surface area (Å²) in [7, 11) is 0. The van der Waals surface area contributed by atoms with E-state index in [0.29, 0.717) is 5.92 Å². The van der Waals surface area contributed by atoms with Gasteiger partial charge in [-0.25, -0.2) is 0 Å². The highest BCUT2D eigenvalue weighted by Gasteiger charge is 2.22. The smallest absolute Gasteiger partial charge is 0.0547 e. The number of fused-ring (bicyclic) bond motifs is 6. The molecule has 0 saturated heterocycles. The molecular formula is C48H39N. The Hall–Kier alpha value is -5.66. The second-order valence-electron chi connectivity index (χ2n) is 13.6. The standard InChI is InChI=1S/C48H39N/c1-3-13-34(14-4-1)35-20-11-22-39(36-15-5-2-6-16-36)31-40(23-12-21-35)42-26-29-45-47(33-42)49(43-28-25-37-17-7-8-19-41(37)32-43)46-30-27-38-18-9-10-24-44(38)48(45)46/h1-8,10-17,19-21,23-30,32-33,39-40H,9,18,22,31H2/b20-11-,23-12+,35-21+. The lowest BCUT2D eigenvalue weighted by atomic mass is 9.82. The van der Waals surface area contributed by atoms with Crippen LogP contribution in [0.25, 0.3) is 49.9 Å². The molecule has 0 aliphatic heterocycles. The zero-order valence-corrected chi connectivity index (χ0v) is 27.7. The quantitative estimate of drug-likeness (QED) is 0.183. The summed E-state index contributed by atoms with van der Waals surface area (Å²) in [5, 5.41) is 5.22. The highest BCUT2D eigenvalue weighted by Crippen LogP contribution is 2.41. The van der Waals surface area contributed by atoms with E-state index in [0.717, 1.165) is 25.7 Å². The van der Waals surface area contributed by atoms with E-state index in [-0.39, 0.29) is 5.92 Å². The van der Waals surface area contributed by atoms with Crippen molar-refractivity contribution in [1.29, 1.82) is 0 Å². The second kappa shape index (κ2) is 12.7. The van der Waals surface area contributed by atoms with E-state index in [9.17, 15) is 0 Å². The van der Waals surface area contributed by atoms with Crippen LogP contribution in [0.5, 0.6) is 0 Å². The Morgan fingerprint density at radius 3 is 2.31 bits per heavy atom. The van der Waals surface area contributed by atoms with Gasteiger partial charge >= 0.3 is 0 Å². The molecule has 2 aliphatic rings. The molecule has 6 aromatic carbocycles. The van der Waals surface area contributed by atoms with Crippen molar-refractivity contribution in [2.24, 2.45) is 0 Å². The molecule has 7 aromatic rings. The number of nitrogens with zero attached hydrogens (tertiary/aromatic N) is 1. The Kier molecular flexibility index (Phi) is 7.67. The van der Waals surface area contributed by atoms with Crippen LogP contribution in [0.3, 0.4) is 0 Å². The monoisotopic (exact) mass is 629 g/mol. The zero-order valence-electron chi connectivity index (χ0n) is 27.7. The molecule has 2 aliphatic carbocycles. The minimum absolute atomic E-state index is 0.256. The summed E-state index contributed by atoms with van der Waals surface area (Å²) in [5.74, 6) is 0.660. The van der Waals surface area contributed by atoms with E-state index in [4.69, 9.17) is 0 Å². The number of rotatable bonds is 4. The van der Waals surface area contributed by atoms with Gasteiger partial charge in [0.2, 0.25) is 0 Å². The van der Waals surface area contributed by atoms with Crippen molar-refractivity contribution in [2.75, 3.05) is 0 Å². The van der Waals surface area contributed by atoms with Gasteiger partial charge < -0.3 is 4.57 Å². The van der Waals surface area contributed by atoms with Gasteiger partial charge in [-0.15, -0.1) is 0 Å². The number of allylic oxidation sites excluding steroid dienone is 7. The molecule has 0 saturated carbocycles. The van der Waals surface area contributed by atoms with Crippen molar-refractivity contribution in [3.05, 3.63) is 198 Å². The number of aryl methyl sites for hydroxylation is 1. The van der Waals surface area contributed by atoms with Crippen molar-refractivity contribution in [3.63, 3.8) is 0 Å². The number of hydrogen-bond acceptors (Lipinski definition) is 0. The van der Waals surface area contributed by atoms with E-state index in [1.54, 1.807) is 0 Å². The molecule has 0 amide bonds. The van der Waals surface area contributed by atoms with Crippen LogP contribution in [0.2, 0.25) is 0 Å². The first kappa shape index (κ1) is 29.5. The SMILES string of the molecule is C1=Cc2c(ccc3c2c2ccc(C4/C=C/C=C(c5ccccc5)\C=C/CC(c5ccccc5)C4)cc2n3-c2ccc3ccccc3c2)CC1. The molecule has 2 unspecified atom stereocenters. The van der Waals surface area contributed by atoms with Crippen LogP contribution in [0.4, 0.5) is 0 Å². The Bertz CT molecular complexity index is 2430. The van der Waals surface area contributed by atoms with Crippen molar-refractivity contribution < 1.29 is 0 Å². The lowest BCUT2D eigenvalue weighted by Crippen LogP contribution is -2.06. The largest absolute Gasteiger partial charge is 0.309 e. The van der Waals surface area contributed by atoms with E-state index in [1.807, 2.05) is 0 Å². The maximum Gasteiger partial charge on any atom is 0.0547 e. The molecule has 1 heterocycles. The fraction of sp³-hybridized carbons (Fsp3) is 0.125. The third-order valence-electron chi connectivity index (χ3n) is 10.6. The predicted octanol–water partition coefficient (Wildman–Crippen LogP) is 12.8. The van der Waals surface area contributed by atoms with Crippen LogP contribution in [-0.4, -0.2) is 4.57 Å². The molecule has 1 heteroatoms. The summed E-state index contributed by atoms with van der Waals surface area (Å²) in [6.45, 7) is 0. The first-order valence-electron chi connectivity index (χ1n) is 17.7.